The molecule has 2 amide bonds. The molecule has 2 aromatic rings. The number of amides is 2. The van der Waals surface area contributed by atoms with E-state index in [2.05, 4.69) is 32.6 Å². The van der Waals surface area contributed by atoms with Crippen LogP contribution in [0.4, 0.5) is 5.69 Å². The van der Waals surface area contributed by atoms with Crippen LogP contribution >= 0.6 is 39.3 Å². The average molecular weight is 579 g/mol. The smallest absolute Gasteiger partial charge is 0.319 e. The van der Waals surface area contributed by atoms with Crippen LogP contribution in [-0.2, 0) is 19.1 Å². The van der Waals surface area contributed by atoms with Crippen LogP contribution in [0.1, 0.15) is 17.0 Å². The molecule has 3 rings (SSSR count). The molecule has 0 aliphatic carbocycles. The SMILES string of the molecule is COC(=O)[C@@H]1C(=O)NC(SCC(=O)Nc2ccc(C)c(Cl)c2)=C(C#N)[C@H]1c1ccc(OC)c(Br)c1. The summed E-state index contributed by atoms with van der Waals surface area (Å²) in [5.74, 6) is -3.48. The number of methoxy groups -OCH3 is 2. The maximum atomic E-state index is 12.9. The molecule has 2 N–H and O–H groups in total. The number of hydrogen-bond acceptors (Lipinski definition) is 7. The van der Waals surface area contributed by atoms with Gasteiger partial charge in [-0.3, -0.25) is 14.4 Å². The third kappa shape index (κ3) is 5.99. The van der Waals surface area contributed by atoms with E-state index < -0.39 is 23.7 Å². The van der Waals surface area contributed by atoms with Gasteiger partial charge in [0, 0.05) is 16.6 Å². The van der Waals surface area contributed by atoms with Crippen LogP contribution in [0, 0.1) is 24.2 Å². The van der Waals surface area contributed by atoms with Crippen LogP contribution in [0.2, 0.25) is 5.02 Å². The third-order valence-electron chi connectivity index (χ3n) is 5.32. The number of halogens is 2. The number of benzene rings is 2. The molecule has 2 atom stereocenters. The van der Waals surface area contributed by atoms with Crippen LogP contribution in [0.5, 0.6) is 5.75 Å². The molecule has 0 radical (unpaired) electrons. The Morgan fingerprint density at radius 1 is 1.26 bits per heavy atom. The number of esters is 1. The number of aryl methyl sites for hydroxylation is 1. The van der Waals surface area contributed by atoms with Gasteiger partial charge in [0.2, 0.25) is 11.8 Å². The van der Waals surface area contributed by atoms with Crippen molar-refractivity contribution in [1.82, 2.24) is 5.32 Å². The maximum Gasteiger partial charge on any atom is 0.319 e. The molecule has 1 aliphatic heterocycles. The van der Waals surface area contributed by atoms with E-state index in [1.807, 2.05) is 6.92 Å². The van der Waals surface area contributed by atoms with Crippen molar-refractivity contribution in [3.8, 4) is 11.8 Å². The lowest BCUT2D eigenvalue weighted by atomic mass is 9.78. The minimum atomic E-state index is -1.28. The summed E-state index contributed by atoms with van der Waals surface area (Å²) in [7, 11) is 2.69. The number of nitrogens with zero attached hydrogens (tertiary/aromatic N) is 1. The molecule has 0 saturated carbocycles. The normalized spacial score (nSPS) is 17.3. The topological polar surface area (TPSA) is 118 Å². The maximum absolute atomic E-state index is 12.9. The number of nitrogens with one attached hydrogen (secondary N) is 2. The van der Waals surface area contributed by atoms with Crippen molar-refractivity contribution in [2.75, 3.05) is 25.3 Å². The van der Waals surface area contributed by atoms with Gasteiger partial charge in [-0.1, -0.05) is 35.5 Å². The Morgan fingerprint density at radius 2 is 2.00 bits per heavy atom. The number of nitriles is 1. The Morgan fingerprint density at radius 3 is 2.60 bits per heavy atom. The first-order valence-electron chi connectivity index (χ1n) is 10.2. The summed E-state index contributed by atoms with van der Waals surface area (Å²) in [6, 6.07) is 12.3. The van der Waals surface area contributed by atoms with Gasteiger partial charge in [-0.15, -0.1) is 0 Å². The molecule has 35 heavy (non-hydrogen) atoms. The monoisotopic (exact) mass is 577 g/mol. The van der Waals surface area contributed by atoms with Gasteiger partial charge >= 0.3 is 5.97 Å². The van der Waals surface area contributed by atoms with Gasteiger partial charge in [-0.2, -0.15) is 5.26 Å². The Labute approximate surface area is 220 Å². The quantitative estimate of drug-likeness (QED) is 0.366. The molecule has 2 aromatic carbocycles. The third-order valence-corrected chi connectivity index (χ3v) is 7.37. The van der Waals surface area contributed by atoms with E-state index in [0.29, 0.717) is 26.5 Å². The highest BCUT2D eigenvalue weighted by Crippen LogP contribution is 2.42. The van der Waals surface area contributed by atoms with Crippen LogP contribution in [0.3, 0.4) is 0 Å². The Bertz CT molecular complexity index is 1260. The number of thioether (sulfide) groups is 1. The van der Waals surface area contributed by atoms with Gasteiger partial charge in [-0.25, -0.2) is 0 Å². The number of rotatable bonds is 7. The van der Waals surface area contributed by atoms with Crippen molar-refractivity contribution in [3.05, 3.63) is 67.6 Å². The number of carbonyl (C=O) groups is 3. The number of hydrogen-bond donors (Lipinski definition) is 2. The van der Waals surface area contributed by atoms with Gasteiger partial charge in [0.1, 0.15) is 11.7 Å². The zero-order chi connectivity index (χ0) is 25.7. The van der Waals surface area contributed by atoms with Gasteiger partial charge in [0.05, 0.1) is 41.1 Å². The van der Waals surface area contributed by atoms with Gasteiger partial charge in [-0.05, 0) is 58.2 Å². The minimum absolute atomic E-state index is 0.0891. The van der Waals surface area contributed by atoms with E-state index in [-0.39, 0.29) is 22.3 Å². The van der Waals surface area contributed by atoms with E-state index >= 15 is 0 Å². The molecule has 11 heteroatoms. The first kappa shape index (κ1) is 26.6. The molecule has 0 bridgehead atoms. The minimum Gasteiger partial charge on any atom is -0.496 e. The van der Waals surface area contributed by atoms with Crippen molar-refractivity contribution < 1.29 is 23.9 Å². The number of carbonyl (C=O) groups excluding carboxylic acids is 3. The molecular weight excluding hydrogens is 558 g/mol. The fourth-order valence-electron chi connectivity index (χ4n) is 3.56. The first-order chi connectivity index (χ1) is 16.7. The second-order valence-electron chi connectivity index (χ2n) is 7.52. The molecule has 1 aliphatic rings. The van der Waals surface area contributed by atoms with Crippen molar-refractivity contribution in [2.24, 2.45) is 5.92 Å². The second kappa shape index (κ2) is 11.6. The standard InChI is InChI=1S/C24H21BrClN3O5S/c1-12-4-6-14(9-17(12)26)28-19(30)11-35-23-15(10-27)20(21(22(31)29-23)24(32)34-3)13-5-7-18(33-2)16(25)8-13/h4-9,20-21H,11H2,1-3H3,(H,28,30)(H,29,31)/t20-,21+/m1/s1. The predicted molar refractivity (Wildman–Crippen MR) is 137 cm³/mol. The molecule has 1 heterocycles. The predicted octanol–water partition coefficient (Wildman–Crippen LogP) is 4.53. The summed E-state index contributed by atoms with van der Waals surface area (Å²) < 4.78 is 10.7. The zero-order valence-corrected chi connectivity index (χ0v) is 22.1. The molecule has 182 valence electrons. The summed E-state index contributed by atoms with van der Waals surface area (Å²) in [5, 5.41) is 16.1. The Hall–Kier alpha value is -3.00. The lowest BCUT2D eigenvalue weighted by Gasteiger charge is -2.31. The highest BCUT2D eigenvalue weighted by molar-refractivity contribution is 9.10. The zero-order valence-electron chi connectivity index (χ0n) is 19.0. The Kier molecular flexibility index (Phi) is 8.83. The average Bonchev–Trinajstić information content (AvgIpc) is 2.84. The van der Waals surface area contributed by atoms with Crippen LogP contribution in [0.15, 0.2) is 51.5 Å². The van der Waals surface area contributed by atoms with E-state index in [1.54, 1.807) is 36.4 Å². The molecule has 0 unspecified atom stereocenters. The summed E-state index contributed by atoms with van der Waals surface area (Å²) in [5.41, 5.74) is 2.09. The van der Waals surface area contributed by atoms with E-state index in [4.69, 9.17) is 21.1 Å². The number of ether oxygens (including phenoxy) is 2. The second-order valence-corrected chi connectivity index (χ2v) is 9.76. The van der Waals surface area contributed by atoms with Gasteiger partial charge in [0.25, 0.3) is 0 Å². The van der Waals surface area contributed by atoms with Crippen molar-refractivity contribution in [1.29, 1.82) is 5.26 Å². The molecular formula is C24H21BrClN3O5S. The van der Waals surface area contributed by atoms with Crippen molar-refractivity contribution in [2.45, 2.75) is 12.8 Å². The largest absolute Gasteiger partial charge is 0.496 e. The fraction of sp³-hybridized carbons (Fsp3) is 0.250. The Balaban J connectivity index is 1.91. The van der Waals surface area contributed by atoms with E-state index in [9.17, 15) is 19.6 Å². The first-order valence-corrected chi connectivity index (χ1v) is 12.4. The summed E-state index contributed by atoms with van der Waals surface area (Å²) >= 11 is 10.5. The summed E-state index contributed by atoms with van der Waals surface area (Å²) in [6.07, 6.45) is 0. The molecule has 0 spiro atoms. The van der Waals surface area contributed by atoms with Crippen LogP contribution in [-0.4, -0.2) is 37.8 Å². The highest BCUT2D eigenvalue weighted by Gasteiger charge is 2.44. The van der Waals surface area contributed by atoms with Crippen molar-refractivity contribution >= 4 is 62.8 Å². The van der Waals surface area contributed by atoms with Gasteiger partial charge in [0.15, 0.2) is 0 Å². The summed E-state index contributed by atoms with van der Waals surface area (Å²) in [4.78, 5) is 38.0. The molecule has 0 fully saturated rings. The molecule has 0 aromatic heterocycles. The highest BCUT2D eigenvalue weighted by atomic mass is 79.9. The van der Waals surface area contributed by atoms with E-state index in [0.717, 1.165) is 17.3 Å². The number of allylic oxidation sites excluding steroid dienone is 1. The lowest BCUT2D eigenvalue weighted by molar-refractivity contribution is -0.150. The molecule has 8 nitrogen and oxygen atoms in total. The number of anilines is 1. The van der Waals surface area contributed by atoms with Gasteiger partial charge < -0.3 is 20.1 Å². The lowest BCUT2D eigenvalue weighted by Crippen LogP contribution is -2.44. The van der Waals surface area contributed by atoms with Crippen LogP contribution < -0.4 is 15.4 Å². The molecule has 0 saturated heterocycles. The summed E-state index contributed by atoms with van der Waals surface area (Å²) in [6.45, 7) is 1.85. The fourth-order valence-corrected chi connectivity index (χ4v) is 5.15. The van der Waals surface area contributed by atoms with Crippen LogP contribution in [0.25, 0.3) is 0 Å². The van der Waals surface area contributed by atoms with Crippen molar-refractivity contribution in [3.63, 3.8) is 0 Å². The van der Waals surface area contributed by atoms with E-state index in [1.165, 1.54) is 14.2 Å².